The van der Waals surface area contributed by atoms with E-state index in [0.717, 1.165) is 50.0 Å². The Bertz CT molecular complexity index is 440. The molecule has 1 unspecified atom stereocenters. The molecule has 1 aromatic heterocycles. The number of anilines is 2. The number of hydrogen-bond donors (Lipinski definition) is 1. The molecule has 0 aliphatic carbocycles. The topological polar surface area (TPSA) is 53.5 Å². The Morgan fingerprint density at radius 1 is 1.35 bits per heavy atom. The van der Waals surface area contributed by atoms with Crippen molar-refractivity contribution in [3.63, 3.8) is 0 Å². The highest BCUT2D eigenvalue weighted by Crippen LogP contribution is 2.33. The third-order valence-electron chi connectivity index (χ3n) is 3.88. The van der Waals surface area contributed by atoms with Crippen molar-refractivity contribution < 1.29 is 4.74 Å². The van der Waals surface area contributed by atoms with Gasteiger partial charge in [-0.1, -0.05) is 6.92 Å². The summed E-state index contributed by atoms with van der Waals surface area (Å²) < 4.78 is 5.54. The molecule has 20 heavy (non-hydrogen) atoms. The van der Waals surface area contributed by atoms with Crippen LogP contribution in [-0.4, -0.2) is 61.2 Å². The van der Waals surface area contributed by atoms with Gasteiger partial charge < -0.3 is 15.0 Å². The molecule has 6 nitrogen and oxygen atoms in total. The number of hydrogen-bond acceptors (Lipinski definition) is 6. The van der Waals surface area contributed by atoms with Crippen LogP contribution in [0.5, 0.6) is 5.75 Å². The number of likely N-dealkylation sites (N-methyl/N-ethyl adjacent to an activating group) is 1. The van der Waals surface area contributed by atoms with Crippen molar-refractivity contribution in [2.75, 3.05) is 50.6 Å². The largest absolute Gasteiger partial charge is 0.490 e. The maximum absolute atomic E-state index is 5.54. The normalized spacial score (nSPS) is 20.0. The molecule has 1 atom stereocenters. The summed E-state index contributed by atoms with van der Waals surface area (Å²) in [7, 11) is 3.86. The summed E-state index contributed by atoms with van der Waals surface area (Å²) in [5.41, 5.74) is 0. The molecule has 2 rings (SSSR count). The van der Waals surface area contributed by atoms with Gasteiger partial charge in [-0.3, -0.25) is 4.90 Å². The van der Waals surface area contributed by atoms with Gasteiger partial charge in [-0.2, -0.15) is 0 Å². The van der Waals surface area contributed by atoms with Gasteiger partial charge in [-0.25, -0.2) is 9.97 Å². The van der Waals surface area contributed by atoms with Gasteiger partial charge in [0.1, 0.15) is 6.33 Å². The van der Waals surface area contributed by atoms with Crippen LogP contribution >= 0.6 is 0 Å². The van der Waals surface area contributed by atoms with Crippen molar-refractivity contribution in [1.29, 1.82) is 0 Å². The minimum Gasteiger partial charge on any atom is -0.490 e. The fourth-order valence-electron chi connectivity index (χ4n) is 2.65. The number of piperazine rings is 1. The van der Waals surface area contributed by atoms with E-state index in [2.05, 4.69) is 39.1 Å². The maximum atomic E-state index is 5.54. The van der Waals surface area contributed by atoms with Crippen molar-refractivity contribution >= 4 is 11.6 Å². The standard InChI is InChI=1S/C14H25N5O/c1-5-11-9-19(8-7-18(11)3)14-12(20-4)13(15-6-2)16-10-17-14/h10-11H,5-9H2,1-4H3,(H,15,16,17). The highest BCUT2D eigenvalue weighted by atomic mass is 16.5. The average molecular weight is 279 g/mol. The molecule has 6 heteroatoms. The maximum Gasteiger partial charge on any atom is 0.204 e. The summed E-state index contributed by atoms with van der Waals surface area (Å²) in [4.78, 5) is 13.4. The summed E-state index contributed by atoms with van der Waals surface area (Å²) in [5.74, 6) is 2.41. The zero-order valence-corrected chi connectivity index (χ0v) is 12.9. The third kappa shape index (κ3) is 2.95. The molecule has 1 aliphatic heterocycles. The lowest BCUT2D eigenvalue weighted by molar-refractivity contribution is 0.212. The lowest BCUT2D eigenvalue weighted by Gasteiger charge is -2.40. The predicted octanol–water partition coefficient (Wildman–Crippen LogP) is 1.45. The summed E-state index contributed by atoms with van der Waals surface area (Å²) >= 11 is 0. The van der Waals surface area contributed by atoms with Crippen molar-refractivity contribution in [2.24, 2.45) is 0 Å². The van der Waals surface area contributed by atoms with Crippen LogP contribution in [0.15, 0.2) is 6.33 Å². The second kappa shape index (κ2) is 6.74. The third-order valence-corrected chi connectivity index (χ3v) is 3.88. The first kappa shape index (κ1) is 14.8. The Morgan fingerprint density at radius 2 is 2.15 bits per heavy atom. The van der Waals surface area contributed by atoms with Gasteiger partial charge >= 0.3 is 0 Å². The molecule has 0 spiro atoms. The van der Waals surface area contributed by atoms with E-state index in [9.17, 15) is 0 Å². The van der Waals surface area contributed by atoms with E-state index < -0.39 is 0 Å². The summed E-state index contributed by atoms with van der Waals surface area (Å²) in [5, 5.41) is 3.23. The summed E-state index contributed by atoms with van der Waals surface area (Å²) in [6.45, 7) is 8.07. The Morgan fingerprint density at radius 3 is 2.80 bits per heavy atom. The first-order valence-corrected chi connectivity index (χ1v) is 7.29. The number of ether oxygens (including phenoxy) is 1. The molecule has 0 radical (unpaired) electrons. The van der Waals surface area contributed by atoms with Gasteiger partial charge in [0.25, 0.3) is 0 Å². The number of nitrogens with one attached hydrogen (secondary N) is 1. The highest BCUT2D eigenvalue weighted by molar-refractivity contribution is 5.65. The van der Waals surface area contributed by atoms with Crippen LogP contribution in [0.25, 0.3) is 0 Å². The number of rotatable bonds is 5. The number of methoxy groups -OCH3 is 1. The highest BCUT2D eigenvalue weighted by Gasteiger charge is 2.26. The first-order valence-electron chi connectivity index (χ1n) is 7.29. The van der Waals surface area contributed by atoms with Crippen molar-refractivity contribution in [3.8, 4) is 5.75 Å². The Balaban J connectivity index is 2.25. The zero-order valence-electron chi connectivity index (χ0n) is 12.9. The van der Waals surface area contributed by atoms with Crippen LogP contribution in [0.1, 0.15) is 20.3 Å². The quantitative estimate of drug-likeness (QED) is 0.880. The van der Waals surface area contributed by atoms with Crippen LogP contribution < -0.4 is 15.0 Å². The lowest BCUT2D eigenvalue weighted by atomic mass is 10.1. The lowest BCUT2D eigenvalue weighted by Crippen LogP contribution is -2.51. The zero-order chi connectivity index (χ0) is 14.5. The van der Waals surface area contributed by atoms with E-state index in [1.165, 1.54) is 0 Å². The molecule has 1 aliphatic rings. The van der Waals surface area contributed by atoms with E-state index in [-0.39, 0.29) is 0 Å². The fraction of sp³-hybridized carbons (Fsp3) is 0.714. The minimum atomic E-state index is 0.561. The molecule has 0 saturated carbocycles. The fourth-order valence-corrected chi connectivity index (χ4v) is 2.65. The SMILES string of the molecule is CCNc1ncnc(N2CCN(C)C(CC)C2)c1OC. The smallest absolute Gasteiger partial charge is 0.204 e. The molecule has 0 amide bonds. The second-order valence-corrected chi connectivity index (χ2v) is 5.10. The van der Waals surface area contributed by atoms with E-state index in [0.29, 0.717) is 6.04 Å². The molecule has 1 fully saturated rings. The van der Waals surface area contributed by atoms with Crippen LogP contribution in [0.4, 0.5) is 11.6 Å². The molecular weight excluding hydrogens is 254 g/mol. The summed E-state index contributed by atoms with van der Waals surface area (Å²) in [6.07, 6.45) is 2.75. The Hall–Kier alpha value is -1.56. The predicted molar refractivity (Wildman–Crippen MR) is 81.7 cm³/mol. The average Bonchev–Trinajstić information content (AvgIpc) is 2.48. The summed E-state index contributed by atoms with van der Waals surface area (Å²) in [6, 6.07) is 0.561. The minimum absolute atomic E-state index is 0.561. The Kier molecular flexibility index (Phi) is 5.00. The second-order valence-electron chi connectivity index (χ2n) is 5.10. The van der Waals surface area contributed by atoms with E-state index in [1.54, 1.807) is 13.4 Å². The molecule has 0 bridgehead atoms. The monoisotopic (exact) mass is 279 g/mol. The molecule has 1 saturated heterocycles. The molecule has 2 heterocycles. The molecular formula is C14H25N5O. The van der Waals surface area contributed by atoms with Gasteiger partial charge in [0, 0.05) is 32.2 Å². The van der Waals surface area contributed by atoms with E-state index >= 15 is 0 Å². The number of aromatic nitrogens is 2. The van der Waals surface area contributed by atoms with Gasteiger partial charge in [-0.15, -0.1) is 0 Å². The van der Waals surface area contributed by atoms with Crippen LogP contribution in [-0.2, 0) is 0 Å². The molecule has 0 aromatic carbocycles. The van der Waals surface area contributed by atoms with E-state index in [4.69, 9.17) is 4.74 Å². The van der Waals surface area contributed by atoms with Crippen LogP contribution in [0, 0.1) is 0 Å². The van der Waals surface area contributed by atoms with Crippen molar-refractivity contribution in [2.45, 2.75) is 26.3 Å². The molecule has 1 N–H and O–H groups in total. The van der Waals surface area contributed by atoms with Gasteiger partial charge in [0.05, 0.1) is 7.11 Å². The van der Waals surface area contributed by atoms with E-state index in [1.807, 2.05) is 6.92 Å². The van der Waals surface area contributed by atoms with Gasteiger partial charge in [-0.05, 0) is 20.4 Å². The molecule has 1 aromatic rings. The molecule has 112 valence electrons. The van der Waals surface area contributed by atoms with Gasteiger partial charge in [0.15, 0.2) is 11.6 Å². The van der Waals surface area contributed by atoms with Crippen LogP contribution in [0.2, 0.25) is 0 Å². The van der Waals surface area contributed by atoms with Crippen LogP contribution in [0.3, 0.4) is 0 Å². The first-order chi connectivity index (χ1) is 9.71. The Labute approximate surface area is 121 Å². The number of nitrogens with zero attached hydrogens (tertiary/aromatic N) is 4. The van der Waals surface area contributed by atoms with Crippen molar-refractivity contribution in [3.05, 3.63) is 6.33 Å². The van der Waals surface area contributed by atoms with Gasteiger partial charge in [0.2, 0.25) is 5.75 Å². The van der Waals surface area contributed by atoms with Crippen molar-refractivity contribution in [1.82, 2.24) is 14.9 Å².